The Balaban J connectivity index is 1.79. The Hall–Kier alpha value is -2.34. The number of carbonyl (C=O) groups is 2. The molecule has 0 aliphatic carbocycles. The minimum absolute atomic E-state index is 0.325. The number of rotatable bonds is 3. The molecule has 1 N–H and O–H groups in total. The summed E-state index contributed by atoms with van der Waals surface area (Å²) in [5.41, 5.74) is 2.19. The van der Waals surface area contributed by atoms with Gasteiger partial charge in [0.25, 0.3) is 11.1 Å². The third kappa shape index (κ3) is 2.82. The molecule has 4 nitrogen and oxygen atoms in total. The fourth-order valence-corrected chi connectivity index (χ4v) is 3.03. The first-order valence-corrected chi connectivity index (χ1v) is 7.56. The summed E-state index contributed by atoms with van der Waals surface area (Å²) in [5.74, 6) is -0.684. The Morgan fingerprint density at radius 3 is 2.32 bits per heavy atom. The summed E-state index contributed by atoms with van der Waals surface area (Å²) in [6.07, 6.45) is 0. The molecular weight excluding hydrogens is 303 g/mol. The SMILES string of the molecule is Cc1ccc(N2C(=O)SC(Nc3ccc(F)cc3)C2=O)cc1. The van der Waals surface area contributed by atoms with Crippen molar-refractivity contribution in [2.75, 3.05) is 10.2 Å². The highest BCUT2D eigenvalue weighted by atomic mass is 32.2. The molecule has 112 valence electrons. The number of anilines is 2. The topological polar surface area (TPSA) is 49.4 Å². The average molecular weight is 316 g/mol. The molecule has 1 atom stereocenters. The van der Waals surface area contributed by atoms with Gasteiger partial charge in [-0.2, -0.15) is 0 Å². The molecule has 2 aromatic carbocycles. The molecule has 1 aliphatic rings. The first-order chi connectivity index (χ1) is 10.5. The Morgan fingerprint density at radius 1 is 1.05 bits per heavy atom. The van der Waals surface area contributed by atoms with Gasteiger partial charge < -0.3 is 5.32 Å². The quantitative estimate of drug-likeness (QED) is 0.936. The standard InChI is InChI=1S/C16H13FN2O2S/c1-10-2-8-13(9-3-10)19-15(20)14(22-16(19)21)18-12-6-4-11(17)5-7-12/h2-9,14,18H,1H3. The fourth-order valence-electron chi connectivity index (χ4n) is 2.13. The van der Waals surface area contributed by atoms with Crippen molar-refractivity contribution in [1.29, 1.82) is 0 Å². The number of hydrogen-bond donors (Lipinski definition) is 1. The van der Waals surface area contributed by atoms with Gasteiger partial charge in [0.1, 0.15) is 5.82 Å². The van der Waals surface area contributed by atoms with Crippen LogP contribution in [-0.4, -0.2) is 16.5 Å². The van der Waals surface area contributed by atoms with Crippen LogP contribution >= 0.6 is 11.8 Å². The molecule has 0 aromatic heterocycles. The minimum Gasteiger partial charge on any atom is -0.365 e. The van der Waals surface area contributed by atoms with Gasteiger partial charge in [-0.1, -0.05) is 17.7 Å². The van der Waals surface area contributed by atoms with Crippen LogP contribution in [-0.2, 0) is 4.79 Å². The normalized spacial score (nSPS) is 17.9. The Kier molecular flexibility index (Phi) is 3.85. The second-order valence-corrected chi connectivity index (χ2v) is 5.98. The molecule has 1 aliphatic heterocycles. The molecule has 1 saturated heterocycles. The number of imide groups is 1. The van der Waals surface area contributed by atoms with Crippen molar-refractivity contribution < 1.29 is 14.0 Å². The van der Waals surface area contributed by atoms with Crippen molar-refractivity contribution in [3.05, 3.63) is 59.9 Å². The number of hydrogen-bond acceptors (Lipinski definition) is 4. The van der Waals surface area contributed by atoms with Crippen LogP contribution in [0, 0.1) is 12.7 Å². The number of benzene rings is 2. The molecule has 22 heavy (non-hydrogen) atoms. The van der Waals surface area contributed by atoms with E-state index in [4.69, 9.17) is 0 Å². The number of nitrogens with zero attached hydrogens (tertiary/aromatic N) is 1. The van der Waals surface area contributed by atoms with E-state index < -0.39 is 5.37 Å². The van der Waals surface area contributed by atoms with Crippen LogP contribution in [0.3, 0.4) is 0 Å². The molecule has 0 spiro atoms. The van der Waals surface area contributed by atoms with Gasteiger partial charge in [0.15, 0.2) is 5.37 Å². The zero-order chi connectivity index (χ0) is 15.7. The third-order valence-electron chi connectivity index (χ3n) is 3.28. The van der Waals surface area contributed by atoms with Crippen molar-refractivity contribution in [3.63, 3.8) is 0 Å². The summed E-state index contributed by atoms with van der Waals surface area (Å²) in [6, 6.07) is 12.8. The highest BCUT2D eigenvalue weighted by Crippen LogP contribution is 2.32. The number of amides is 2. The van der Waals surface area contributed by atoms with Gasteiger partial charge in [0, 0.05) is 5.69 Å². The molecule has 0 saturated carbocycles. The summed E-state index contributed by atoms with van der Waals surface area (Å²) in [4.78, 5) is 25.7. The van der Waals surface area contributed by atoms with Crippen LogP contribution in [0.15, 0.2) is 48.5 Å². The highest BCUT2D eigenvalue weighted by molar-refractivity contribution is 8.16. The van der Waals surface area contributed by atoms with Crippen molar-refractivity contribution in [2.24, 2.45) is 0 Å². The van der Waals surface area contributed by atoms with Gasteiger partial charge in [0.2, 0.25) is 0 Å². The van der Waals surface area contributed by atoms with Crippen LogP contribution in [0.1, 0.15) is 5.56 Å². The van der Waals surface area contributed by atoms with Crippen LogP contribution in [0.5, 0.6) is 0 Å². The van der Waals surface area contributed by atoms with E-state index in [0.29, 0.717) is 11.4 Å². The summed E-state index contributed by atoms with van der Waals surface area (Å²) >= 11 is 0.912. The lowest BCUT2D eigenvalue weighted by molar-refractivity contribution is -0.116. The molecule has 1 fully saturated rings. The first kappa shape index (κ1) is 14.6. The van der Waals surface area contributed by atoms with Gasteiger partial charge in [-0.3, -0.25) is 9.59 Å². The molecule has 1 unspecified atom stereocenters. The predicted octanol–water partition coefficient (Wildman–Crippen LogP) is 3.77. The zero-order valence-corrected chi connectivity index (χ0v) is 12.6. The molecule has 1 heterocycles. The Bertz CT molecular complexity index is 716. The first-order valence-electron chi connectivity index (χ1n) is 6.68. The number of carbonyl (C=O) groups excluding carboxylic acids is 2. The fraction of sp³-hybridized carbons (Fsp3) is 0.125. The maximum Gasteiger partial charge on any atom is 0.295 e. The number of thioether (sulfide) groups is 1. The second kappa shape index (κ2) is 5.81. The van der Waals surface area contributed by atoms with E-state index in [1.54, 1.807) is 12.1 Å². The maximum atomic E-state index is 12.9. The van der Waals surface area contributed by atoms with Crippen LogP contribution in [0.2, 0.25) is 0 Å². The van der Waals surface area contributed by atoms with Crippen LogP contribution in [0.4, 0.5) is 20.6 Å². The Labute approximate surface area is 131 Å². The van der Waals surface area contributed by atoms with Gasteiger partial charge >= 0.3 is 0 Å². The molecule has 2 aromatic rings. The minimum atomic E-state index is -0.709. The van der Waals surface area contributed by atoms with Gasteiger partial charge in [-0.25, -0.2) is 9.29 Å². The molecule has 0 bridgehead atoms. The van der Waals surface area contributed by atoms with Crippen molar-refractivity contribution in [1.82, 2.24) is 0 Å². The molecule has 2 amide bonds. The van der Waals surface area contributed by atoms with E-state index in [9.17, 15) is 14.0 Å². The number of nitrogens with one attached hydrogen (secondary N) is 1. The van der Waals surface area contributed by atoms with Crippen LogP contribution < -0.4 is 10.2 Å². The van der Waals surface area contributed by atoms with Crippen molar-refractivity contribution in [2.45, 2.75) is 12.3 Å². The smallest absolute Gasteiger partial charge is 0.295 e. The van der Waals surface area contributed by atoms with Gasteiger partial charge in [0.05, 0.1) is 5.69 Å². The molecular formula is C16H13FN2O2S. The summed E-state index contributed by atoms with van der Waals surface area (Å²) in [6.45, 7) is 1.94. The zero-order valence-electron chi connectivity index (χ0n) is 11.7. The summed E-state index contributed by atoms with van der Waals surface area (Å²) in [5, 5.41) is 1.91. The Morgan fingerprint density at radius 2 is 1.68 bits per heavy atom. The van der Waals surface area contributed by atoms with Crippen molar-refractivity contribution >= 4 is 34.3 Å². The lowest BCUT2D eigenvalue weighted by atomic mass is 10.2. The number of aryl methyl sites for hydroxylation is 1. The largest absolute Gasteiger partial charge is 0.365 e. The van der Waals surface area contributed by atoms with E-state index in [1.165, 1.54) is 24.3 Å². The predicted molar refractivity (Wildman–Crippen MR) is 85.5 cm³/mol. The third-order valence-corrected chi connectivity index (χ3v) is 4.22. The van der Waals surface area contributed by atoms with E-state index in [-0.39, 0.29) is 17.0 Å². The van der Waals surface area contributed by atoms with Crippen molar-refractivity contribution in [3.8, 4) is 0 Å². The van der Waals surface area contributed by atoms with Crippen LogP contribution in [0.25, 0.3) is 0 Å². The average Bonchev–Trinajstić information content (AvgIpc) is 2.77. The summed E-state index contributed by atoms with van der Waals surface area (Å²) in [7, 11) is 0. The number of halogens is 1. The second-order valence-electron chi connectivity index (χ2n) is 4.92. The van der Waals surface area contributed by atoms with E-state index in [1.807, 2.05) is 19.1 Å². The lowest BCUT2D eigenvalue weighted by Crippen LogP contribution is -2.34. The maximum absolute atomic E-state index is 12.9. The lowest BCUT2D eigenvalue weighted by Gasteiger charge is -2.15. The summed E-state index contributed by atoms with van der Waals surface area (Å²) < 4.78 is 12.9. The van der Waals surface area contributed by atoms with E-state index in [0.717, 1.165) is 22.2 Å². The van der Waals surface area contributed by atoms with E-state index in [2.05, 4.69) is 5.32 Å². The monoisotopic (exact) mass is 316 g/mol. The van der Waals surface area contributed by atoms with E-state index >= 15 is 0 Å². The molecule has 3 rings (SSSR count). The highest BCUT2D eigenvalue weighted by Gasteiger charge is 2.40. The molecule has 0 radical (unpaired) electrons. The van der Waals surface area contributed by atoms with Gasteiger partial charge in [-0.05, 0) is 55.1 Å². The molecule has 6 heteroatoms. The van der Waals surface area contributed by atoms with Gasteiger partial charge in [-0.15, -0.1) is 0 Å².